The van der Waals surface area contributed by atoms with E-state index in [9.17, 15) is 22.8 Å². The molecule has 0 atom stereocenters. The lowest BCUT2D eigenvalue weighted by Gasteiger charge is -2.09. The molecule has 0 saturated carbocycles. The van der Waals surface area contributed by atoms with E-state index in [1.807, 2.05) is 0 Å². The van der Waals surface area contributed by atoms with E-state index in [0.29, 0.717) is 5.82 Å². The van der Waals surface area contributed by atoms with Gasteiger partial charge in [0.15, 0.2) is 0 Å². The van der Waals surface area contributed by atoms with E-state index >= 15 is 0 Å². The Hall–Kier alpha value is -2.90. The zero-order chi connectivity index (χ0) is 17.0. The van der Waals surface area contributed by atoms with E-state index in [2.05, 4.69) is 10.3 Å². The van der Waals surface area contributed by atoms with Crippen molar-refractivity contribution < 1.29 is 22.8 Å². The highest BCUT2D eigenvalue weighted by atomic mass is 19.4. The molecule has 5 nitrogen and oxygen atoms in total. The molecule has 120 valence electrons. The zero-order valence-electron chi connectivity index (χ0n) is 11.9. The Labute approximate surface area is 129 Å². The maximum Gasteiger partial charge on any atom is 0.471 e. The Morgan fingerprint density at radius 3 is 2.22 bits per heavy atom. The molecular formula is C15H12F3N3O2. The van der Waals surface area contributed by atoms with Crippen LogP contribution in [0.25, 0.3) is 0 Å². The monoisotopic (exact) mass is 323 g/mol. The van der Waals surface area contributed by atoms with Gasteiger partial charge in [-0.3, -0.25) is 9.59 Å². The lowest BCUT2D eigenvalue weighted by Crippen LogP contribution is -2.29. The second kappa shape index (κ2) is 6.47. The van der Waals surface area contributed by atoms with Crippen molar-refractivity contribution in [2.24, 2.45) is 0 Å². The average Bonchev–Trinajstić information content (AvgIpc) is 2.47. The largest absolute Gasteiger partial charge is 0.471 e. The highest BCUT2D eigenvalue weighted by molar-refractivity contribution is 6.04. The third-order valence-electron chi connectivity index (χ3n) is 2.79. The number of hydrogen-bond acceptors (Lipinski definition) is 3. The molecule has 0 bridgehead atoms. The smallest absolute Gasteiger partial charge is 0.318 e. The van der Waals surface area contributed by atoms with Crippen molar-refractivity contribution in [3.8, 4) is 0 Å². The summed E-state index contributed by atoms with van der Waals surface area (Å²) in [4.78, 5) is 26.9. The van der Waals surface area contributed by atoms with Crippen molar-refractivity contribution in [1.29, 1.82) is 0 Å². The predicted molar refractivity (Wildman–Crippen MR) is 78.1 cm³/mol. The van der Waals surface area contributed by atoms with Crippen LogP contribution in [0.3, 0.4) is 0 Å². The van der Waals surface area contributed by atoms with Gasteiger partial charge in [-0.05, 0) is 43.3 Å². The summed E-state index contributed by atoms with van der Waals surface area (Å²) in [5.74, 6) is -2.17. The summed E-state index contributed by atoms with van der Waals surface area (Å²) >= 11 is 0. The predicted octanol–water partition coefficient (Wildman–Crippen LogP) is 3.14. The second-order valence-corrected chi connectivity index (χ2v) is 4.65. The van der Waals surface area contributed by atoms with Crippen LogP contribution in [-0.4, -0.2) is 23.0 Å². The molecule has 2 N–H and O–H groups in total. The Morgan fingerprint density at radius 2 is 1.65 bits per heavy atom. The molecule has 8 heteroatoms. The van der Waals surface area contributed by atoms with Crippen molar-refractivity contribution >= 4 is 23.3 Å². The molecule has 1 aromatic heterocycles. The van der Waals surface area contributed by atoms with Crippen molar-refractivity contribution in [2.45, 2.75) is 13.1 Å². The molecule has 0 unspecified atom stereocenters. The Balaban J connectivity index is 2.04. The standard InChI is InChI=1S/C15H12F3N3O2/c1-9-3-2-4-12(19-9)21-13(22)10-5-7-11(8-6-10)20-14(23)15(16,17)18/h2-8H,1H3,(H,20,23)(H,19,21,22). The Bertz CT molecular complexity index is 727. The first kappa shape index (κ1) is 16.5. The van der Waals surface area contributed by atoms with Crippen LogP contribution in [0, 0.1) is 6.92 Å². The average molecular weight is 323 g/mol. The number of hydrogen-bond donors (Lipinski definition) is 2. The summed E-state index contributed by atoms with van der Waals surface area (Å²) < 4.78 is 36.4. The molecule has 0 saturated heterocycles. The fourth-order valence-corrected chi connectivity index (χ4v) is 1.71. The fourth-order valence-electron chi connectivity index (χ4n) is 1.71. The van der Waals surface area contributed by atoms with Crippen LogP contribution in [0.15, 0.2) is 42.5 Å². The summed E-state index contributed by atoms with van der Waals surface area (Å²) in [7, 11) is 0. The number of benzene rings is 1. The van der Waals surface area contributed by atoms with E-state index in [-0.39, 0.29) is 11.3 Å². The summed E-state index contributed by atoms with van der Waals surface area (Å²) in [6.45, 7) is 1.77. The number of nitrogens with zero attached hydrogens (tertiary/aromatic N) is 1. The van der Waals surface area contributed by atoms with Gasteiger partial charge in [0, 0.05) is 16.9 Å². The van der Waals surface area contributed by atoms with E-state index in [1.165, 1.54) is 24.3 Å². The van der Waals surface area contributed by atoms with E-state index in [4.69, 9.17) is 0 Å². The fraction of sp³-hybridized carbons (Fsp3) is 0.133. The molecule has 0 aliphatic heterocycles. The first-order chi connectivity index (χ1) is 10.8. The lowest BCUT2D eigenvalue weighted by atomic mass is 10.2. The Kier molecular flexibility index (Phi) is 4.63. The van der Waals surface area contributed by atoms with Crippen molar-refractivity contribution in [3.63, 3.8) is 0 Å². The third kappa shape index (κ3) is 4.53. The summed E-state index contributed by atoms with van der Waals surface area (Å²) in [5, 5.41) is 4.26. The van der Waals surface area contributed by atoms with Gasteiger partial charge in [0.25, 0.3) is 5.91 Å². The normalized spacial score (nSPS) is 11.0. The van der Waals surface area contributed by atoms with Crippen LogP contribution in [0.5, 0.6) is 0 Å². The van der Waals surface area contributed by atoms with Gasteiger partial charge in [0.05, 0.1) is 0 Å². The minimum atomic E-state index is -4.97. The molecule has 0 spiro atoms. The molecule has 0 aliphatic carbocycles. The SMILES string of the molecule is Cc1cccc(NC(=O)c2ccc(NC(=O)C(F)(F)F)cc2)n1. The molecule has 0 aliphatic rings. The van der Waals surface area contributed by atoms with Gasteiger partial charge in [-0.15, -0.1) is 0 Å². The number of aryl methyl sites for hydroxylation is 1. The van der Waals surface area contributed by atoms with E-state index in [0.717, 1.165) is 5.69 Å². The van der Waals surface area contributed by atoms with Crippen LogP contribution < -0.4 is 10.6 Å². The van der Waals surface area contributed by atoms with Crippen molar-refractivity contribution in [3.05, 3.63) is 53.7 Å². The highest BCUT2D eigenvalue weighted by Gasteiger charge is 2.38. The molecule has 0 radical (unpaired) electrons. The zero-order valence-corrected chi connectivity index (χ0v) is 11.9. The van der Waals surface area contributed by atoms with E-state index in [1.54, 1.807) is 30.4 Å². The van der Waals surface area contributed by atoms with Gasteiger partial charge in [0.1, 0.15) is 5.82 Å². The van der Waals surface area contributed by atoms with Crippen LogP contribution in [0.2, 0.25) is 0 Å². The highest BCUT2D eigenvalue weighted by Crippen LogP contribution is 2.18. The van der Waals surface area contributed by atoms with Gasteiger partial charge in [-0.25, -0.2) is 4.98 Å². The number of aromatic nitrogens is 1. The Morgan fingerprint density at radius 1 is 1.00 bits per heavy atom. The van der Waals surface area contributed by atoms with Gasteiger partial charge in [-0.2, -0.15) is 13.2 Å². The number of amides is 2. The van der Waals surface area contributed by atoms with Crippen LogP contribution in [0.1, 0.15) is 16.1 Å². The number of carbonyl (C=O) groups excluding carboxylic acids is 2. The molecular weight excluding hydrogens is 311 g/mol. The molecule has 0 fully saturated rings. The third-order valence-corrected chi connectivity index (χ3v) is 2.79. The van der Waals surface area contributed by atoms with Crippen LogP contribution >= 0.6 is 0 Å². The molecule has 1 aromatic carbocycles. The number of rotatable bonds is 3. The first-order valence-electron chi connectivity index (χ1n) is 6.49. The van der Waals surface area contributed by atoms with Crippen molar-refractivity contribution in [1.82, 2.24) is 4.98 Å². The first-order valence-corrected chi connectivity index (χ1v) is 6.49. The molecule has 2 amide bonds. The number of halogens is 3. The maximum atomic E-state index is 12.1. The minimum absolute atomic E-state index is 0.0578. The molecule has 2 aromatic rings. The summed E-state index contributed by atoms with van der Waals surface area (Å²) in [6, 6.07) is 10.1. The van der Waals surface area contributed by atoms with Crippen molar-refractivity contribution in [2.75, 3.05) is 10.6 Å². The molecule has 2 rings (SSSR count). The second-order valence-electron chi connectivity index (χ2n) is 4.65. The van der Waals surface area contributed by atoms with Gasteiger partial charge in [0.2, 0.25) is 0 Å². The van der Waals surface area contributed by atoms with Crippen LogP contribution in [-0.2, 0) is 4.79 Å². The molecule has 1 heterocycles. The van der Waals surface area contributed by atoms with Gasteiger partial charge >= 0.3 is 12.1 Å². The maximum absolute atomic E-state index is 12.1. The number of anilines is 2. The summed E-state index contributed by atoms with van der Waals surface area (Å²) in [5.41, 5.74) is 0.892. The summed E-state index contributed by atoms with van der Waals surface area (Å²) in [6.07, 6.45) is -4.97. The number of nitrogens with one attached hydrogen (secondary N) is 2. The topological polar surface area (TPSA) is 71.1 Å². The number of carbonyl (C=O) groups is 2. The van der Waals surface area contributed by atoms with E-state index < -0.39 is 18.0 Å². The quantitative estimate of drug-likeness (QED) is 0.911. The minimum Gasteiger partial charge on any atom is -0.318 e. The number of alkyl halides is 3. The van der Waals surface area contributed by atoms with Gasteiger partial charge in [-0.1, -0.05) is 6.07 Å². The van der Waals surface area contributed by atoms with Gasteiger partial charge < -0.3 is 10.6 Å². The number of pyridine rings is 1. The van der Waals surface area contributed by atoms with Crippen LogP contribution in [0.4, 0.5) is 24.7 Å². The lowest BCUT2D eigenvalue weighted by molar-refractivity contribution is -0.167. The molecule has 23 heavy (non-hydrogen) atoms.